The number of unbranched alkanes of at least 4 members (excludes halogenated alkanes) is 1. The van der Waals surface area contributed by atoms with Gasteiger partial charge in [-0.25, -0.2) is 4.79 Å². The molecule has 1 aliphatic rings. The number of nitrogens with one attached hydrogen (secondary N) is 1. The number of aryl methyl sites for hydroxylation is 1. The van der Waals surface area contributed by atoms with Crippen molar-refractivity contribution in [1.82, 2.24) is 14.8 Å². The molecule has 1 aliphatic carbocycles. The average molecular weight is 291 g/mol. The van der Waals surface area contributed by atoms with Gasteiger partial charge in [-0.15, -0.1) is 0 Å². The third-order valence-electron chi connectivity index (χ3n) is 4.41. The van der Waals surface area contributed by atoms with Gasteiger partial charge in [0.2, 0.25) is 0 Å². The van der Waals surface area contributed by atoms with E-state index >= 15 is 0 Å². The Kier molecular flexibility index (Phi) is 6.15. The van der Waals surface area contributed by atoms with Crippen LogP contribution >= 0.6 is 0 Å². The van der Waals surface area contributed by atoms with Gasteiger partial charge in [-0.1, -0.05) is 32.6 Å². The number of aromatic nitrogens is 1. The van der Waals surface area contributed by atoms with E-state index in [4.69, 9.17) is 0 Å². The Morgan fingerprint density at radius 1 is 1.38 bits per heavy atom. The van der Waals surface area contributed by atoms with Crippen LogP contribution in [0.4, 0.5) is 4.79 Å². The van der Waals surface area contributed by atoms with Crippen LogP contribution in [0.3, 0.4) is 0 Å². The van der Waals surface area contributed by atoms with E-state index in [2.05, 4.69) is 22.9 Å². The van der Waals surface area contributed by atoms with Gasteiger partial charge in [-0.2, -0.15) is 0 Å². The highest BCUT2D eigenvalue weighted by molar-refractivity contribution is 5.74. The SMILES string of the molecule is CCCCN(Cc1cccn1C)C(=O)NC1CCCCC1. The molecule has 1 fully saturated rings. The molecule has 0 aromatic carbocycles. The number of carbonyl (C=O) groups is 1. The highest BCUT2D eigenvalue weighted by atomic mass is 16.2. The first-order chi connectivity index (χ1) is 10.2. The first-order valence-corrected chi connectivity index (χ1v) is 8.36. The lowest BCUT2D eigenvalue weighted by Gasteiger charge is -2.28. The second-order valence-electron chi connectivity index (χ2n) is 6.17. The summed E-state index contributed by atoms with van der Waals surface area (Å²) < 4.78 is 2.09. The van der Waals surface area contributed by atoms with Crippen LogP contribution in [0.5, 0.6) is 0 Å². The van der Waals surface area contributed by atoms with Crippen molar-refractivity contribution in [2.75, 3.05) is 6.54 Å². The molecule has 2 rings (SSSR count). The van der Waals surface area contributed by atoms with Crippen LogP contribution in [0, 0.1) is 0 Å². The van der Waals surface area contributed by atoms with Gasteiger partial charge in [0.25, 0.3) is 0 Å². The topological polar surface area (TPSA) is 37.3 Å². The van der Waals surface area contributed by atoms with Crippen molar-refractivity contribution in [3.05, 3.63) is 24.0 Å². The molecule has 1 aromatic heterocycles. The molecule has 1 heterocycles. The van der Waals surface area contributed by atoms with E-state index in [9.17, 15) is 4.79 Å². The summed E-state index contributed by atoms with van der Waals surface area (Å²) in [5.74, 6) is 0. The first kappa shape index (κ1) is 15.9. The van der Waals surface area contributed by atoms with Gasteiger partial charge in [-0.3, -0.25) is 0 Å². The second kappa shape index (κ2) is 8.11. The van der Waals surface area contributed by atoms with Crippen LogP contribution in [0.25, 0.3) is 0 Å². The zero-order valence-electron chi connectivity index (χ0n) is 13.5. The van der Waals surface area contributed by atoms with E-state index in [-0.39, 0.29) is 6.03 Å². The first-order valence-electron chi connectivity index (χ1n) is 8.36. The third kappa shape index (κ3) is 4.80. The second-order valence-corrected chi connectivity index (χ2v) is 6.17. The molecule has 0 radical (unpaired) electrons. The largest absolute Gasteiger partial charge is 0.353 e. The van der Waals surface area contributed by atoms with Crippen molar-refractivity contribution in [2.45, 2.75) is 64.5 Å². The number of rotatable bonds is 6. The van der Waals surface area contributed by atoms with E-state index in [1.807, 2.05) is 24.2 Å². The van der Waals surface area contributed by atoms with Crippen LogP contribution in [0.1, 0.15) is 57.6 Å². The third-order valence-corrected chi connectivity index (χ3v) is 4.41. The lowest BCUT2D eigenvalue weighted by atomic mass is 9.96. The molecule has 0 bridgehead atoms. The van der Waals surface area contributed by atoms with E-state index < -0.39 is 0 Å². The fraction of sp³-hybridized carbons (Fsp3) is 0.706. The summed E-state index contributed by atoms with van der Waals surface area (Å²) in [4.78, 5) is 14.5. The van der Waals surface area contributed by atoms with E-state index in [1.54, 1.807) is 0 Å². The fourth-order valence-electron chi connectivity index (χ4n) is 2.97. The van der Waals surface area contributed by atoms with Gasteiger partial charge < -0.3 is 14.8 Å². The van der Waals surface area contributed by atoms with Crippen LogP contribution in [-0.4, -0.2) is 28.1 Å². The maximum absolute atomic E-state index is 12.6. The normalized spacial score (nSPS) is 15.9. The smallest absolute Gasteiger partial charge is 0.317 e. The molecule has 0 atom stereocenters. The van der Waals surface area contributed by atoms with Crippen molar-refractivity contribution in [3.8, 4) is 0 Å². The molecular weight excluding hydrogens is 262 g/mol. The number of amides is 2. The molecule has 0 saturated heterocycles. The maximum Gasteiger partial charge on any atom is 0.317 e. The Bertz CT molecular complexity index is 435. The summed E-state index contributed by atoms with van der Waals surface area (Å²) in [6, 6.07) is 4.61. The predicted molar refractivity (Wildman–Crippen MR) is 86.1 cm³/mol. The maximum atomic E-state index is 12.6. The molecule has 0 unspecified atom stereocenters. The molecule has 4 heteroatoms. The van der Waals surface area contributed by atoms with Gasteiger partial charge in [-0.05, 0) is 31.4 Å². The van der Waals surface area contributed by atoms with Crippen LogP contribution in [0.15, 0.2) is 18.3 Å². The molecule has 4 nitrogen and oxygen atoms in total. The quantitative estimate of drug-likeness (QED) is 0.853. The summed E-state index contributed by atoms with van der Waals surface area (Å²) in [5, 5.41) is 3.24. The summed E-state index contributed by atoms with van der Waals surface area (Å²) in [6.07, 6.45) is 10.3. The number of nitrogens with zero attached hydrogens (tertiary/aromatic N) is 2. The number of hydrogen-bond donors (Lipinski definition) is 1. The number of hydrogen-bond acceptors (Lipinski definition) is 1. The van der Waals surface area contributed by atoms with Gasteiger partial charge >= 0.3 is 6.03 Å². The Labute approximate surface area is 128 Å². The lowest BCUT2D eigenvalue weighted by molar-refractivity contribution is 0.185. The standard InChI is InChI=1S/C17H29N3O/c1-3-4-13-20(14-16-11-8-12-19(16)2)17(21)18-15-9-6-5-7-10-15/h8,11-12,15H,3-7,9-10,13-14H2,1-2H3,(H,18,21). The van der Waals surface area contributed by atoms with Gasteiger partial charge in [0.15, 0.2) is 0 Å². The Morgan fingerprint density at radius 3 is 2.76 bits per heavy atom. The van der Waals surface area contributed by atoms with Gasteiger partial charge in [0.05, 0.1) is 6.54 Å². The minimum absolute atomic E-state index is 0.108. The minimum atomic E-state index is 0.108. The zero-order chi connectivity index (χ0) is 15.1. The Hall–Kier alpha value is -1.45. The van der Waals surface area contributed by atoms with Crippen molar-refractivity contribution in [1.29, 1.82) is 0 Å². The monoisotopic (exact) mass is 291 g/mol. The van der Waals surface area contributed by atoms with Crippen molar-refractivity contribution in [2.24, 2.45) is 7.05 Å². The van der Waals surface area contributed by atoms with Gasteiger partial charge in [0.1, 0.15) is 0 Å². The molecule has 2 amide bonds. The molecule has 1 aromatic rings. The molecule has 1 saturated carbocycles. The van der Waals surface area contributed by atoms with Crippen LogP contribution in [0.2, 0.25) is 0 Å². The van der Waals surface area contributed by atoms with Crippen molar-refractivity contribution >= 4 is 6.03 Å². The summed E-state index contributed by atoms with van der Waals surface area (Å²) in [6.45, 7) is 3.70. The highest BCUT2D eigenvalue weighted by Crippen LogP contribution is 2.18. The molecule has 21 heavy (non-hydrogen) atoms. The van der Waals surface area contributed by atoms with Crippen LogP contribution < -0.4 is 5.32 Å². The highest BCUT2D eigenvalue weighted by Gasteiger charge is 2.20. The Balaban J connectivity index is 1.93. The summed E-state index contributed by atoms with van der Waals surface area (Å²) in [5.41, 5.74) is 1.19. The van der Waals surface area contributed by atoms with E-state index in [0.29, 0.717) is 12.6 Å². The average Bonchev–Trinajstić information content (AvgIpc) is 2.89. The summed E-state index contributed by atoms with van der Waals surface area (Å²) >= 11 is 0. The van der Waals surface area contributed by atoms with E-state index in [0.717, 1.165) is 32.2 Å². The zero-order valence-corrected chi connectivity index (χ0v) is 13.5. The number of urea groups is 1. The van der Waals surface area contributed by atoms with Crippen molar-refractivity contribution in [3.63, 3.8) is 0 Å². The predicted octanol–water partition coefficient (Wildman–Crippen LogP) is 3.67. The molecular formula is C17H29N3O. The molecule has 0 aliphatic heterocycles. The molecule has 118 valence electrons. The Morgan fingerprint density at radius 2 is 2.14 bits per heavy atom. The number of carbonyl (C=O) groups excluding carboxylic acids is 1. The van der Waals surface area contributed by atoms with Crippen molar-refractivity contribution < 1.29 is 4.79 Å². The van der Waals surface area contributed by atoms with Gasteiger partial charge in [0, 0.05) is 31.5 Å². The summed E-state index contributed by atoms with van der Waals surface area (Å²) in [7, 11) is 2.03. The fourth-order valence-corrected chi connectivity index (χ4v) is 2.97. The van der Waals surface area contributed by atoms with Crippen LogP contribution in [-0.2, 0) is 13.6 Å². The van der Waals surface area contributed by atoms with E-state index in [1.165, 1.54) is 25.0 Å². The minimum Gasteiger partial charge on any atom is -0.353 e. The molecule has 1 N–H and O–H groups in total. The molecule has 0 spiro atoms. The lowest BCUT2D eigenvalue weighted by Crippen LogP contribution is -2.45.